The first-order chi connectivity index (χ1) is 7.83. The molecule has 17 heavy (non-hydrogen) atoms. The maximum absolute atomic E-state index is 5.00. The number of hydrogen-bond acceptors (Lipinski definition) is 2. The molecule has 2 nitrogen and oxygen atoms in total. The lowest BCUT2D eigenvalue weighted by Crippen LogP contribution is -2.55. The van der Waals surface area contributed by atoms with Gasteiger partial charge < -0.3 is 0 Å². The first-order valence-electron chi connectivity index (χ1n) is 7.20. The summed E-state index contributed by atoms with van der Waals surface area (Å²) in [5.74, 6) is 0. The van der Waals surface area contributed by atoms with Gasteiger partial charge in [-0.25, -0.2) is 0 Å². The standard InChI is InChI=1S/C15H30N2/c1-7-10-13(8-2)16-17-14(3,4)11-9-12-15(17,5)6/h7-12H2,1-6H3. The molecule has 1 rings (SSSR count). The van der Waals surface area contributed by atoms with Crippen molar-refractivity contribution in [1.29, 1.82) is 0 Å². The highest BCUT2D eigenvalue weighted by atomic mass is 15.5. The van der Waals surface area contributed by atoms with Crippen LogP contribution in [-0.2, 0) is 0 Å². The van der Waals surface area contributed by atoms with Crippen LogP contribution < -0.4 is 0 Å². The zero-order chi connectivity index (χ0) is 13.1. The Hall–Kier alpha value is -0.530. The molecule has 0 aromatic carbocycles. The van der Waals surface area contributed by atoms with Crippen LogP contribution >= 0.6 is 0 Å². The maximum Gasteiger partial charge on any atom is 0.0529 e. The third kappa shape index (κ3) is 3.46. The fraction of sp³-hybridized carbons (Fsp3) is 0.933. The van der Waals surface area contributed by atoms with Crippen LogP contribution in [0.4, 0.5) is 0 Å². The summed E-state index contributed by atoms with van der Waals surface area (Å²) in [6.07, 6.45) is 7.24. The molecule has 0 aromatic rings. The van der Waals surface area contributed by atoms with E-state index in [9.17, 15) is 0 Å². The second-order valence-electron chi connectivity index (χ2n) is 6.56. The lowest BCUT2D eigenvalue weighted by molar-refractivity contribution is -0.0250. The monoisotopic (exact) mass is 238 g/mol. The highest BCUT2D eigenvalue weighted by molar-refractivity contribution is 5.83. The van der Waals surface area contributed by atoms with Crippen molar-refractivity contribution in [3.63, 3.8) is 0 Å². The minimum atomic E-state index is 0.204. The van der Waals surface area contributed by atoms with Crippen molar-refractivity contribution < 1.29 is 0 Å². The van der Waals surface area contributed by atoms with Gasteiger partial charge >= 0.3 is 0 Å². The van der Waals surface area contributed by atoms with E-state index in [2.05, 4.69) is 46.6 Å². The van der Waals surface area contributed by atoms with Gasteiger partial charge in [-0.15, -0.1) is 0 Å². The minimum absolute atomic E-state index is 0.204. The molecule has 0 aromatic heterocycles. The van der Waals surface area contributed by atoms with E-state index < -0.39 is 0 Å². The SMILES string of the molecule is CCCC(CC)=NN1C(C)(C)CCCC1(C)C. The molecular weight excluding hydrogens is 208 g/mol. The predicted octanol–water partition coefficient (Wildman–Crippen LogP) is 4.60. The van der Waals surface area contributed by atoms with Gasteiger partial charge in [0.05, 0.1) is 11.1 Å². The number of nitrogens with zero attached hydrogens (tertiary/aromatic N) is 2. The minimum Gasteiger partial charge on any atom is -0.286 e. The Bertz CT molecular complexity index is 261. The van der Waals surface area contributed by atoms with Crippen LogP contribution in [0.2, 0.25) is 0 Å². The quantitative estimate of drug-likeness (QED) is 0.654. The first-order valence-corrected chi connectivity index (χ1v) is 7.20. The number of hydrogen-bond donors (Lipinski definition) is 0. The molecule has 1 aliphatic rings. The maximum atomic E-state index is 5.00. The van der Waals surface area contributed by atoms with Crippen molar-refractivity contribution in [3.05, 3.63) is 0 Å². The molecule has 0 radical (unpaired) electrons. The van der Waals surface area contributed by atoms with Crippen LogP contribution in [0.1, 0.15) is 80.1 Å². The van der Waals surface area contributed by atoms with Crippen molar-refractivity contribution in [2.24, 2.45) is 5.10 Å². The average Bonchev–Trinajstić information content (AvgIpc) is 2.21. The molecule has 100 valence electrons. The lowest BCUT2D eigenvalue weighted by Gasteiger charge is -2.51. The number of piperidine rings is 1. The molecule has 1 saturated heterocycles. The average molecular weight is 238 g/mol. The molecule has 2 heteroatoms. The van der Waals surface area contributed by atoms with E-state index in [0.29, 0.717) is 0 Å². The van der Waals surface area contributed by atoms with E-state index in [1.165, 1.54) is 31.4 Å². The molecule has 0 spiro atoms. The molecule has 0 atom stereocenters. The fourth-order valence-corrected chi connectivity index (χ4v) is 2.98. The molecule has 0 amide bonds. The van der Waals surface area contributed by atoms with Crippen molar-refractivity contribution in [3.8, 4) is 0 Å². The fourth-order valence-electron chi connectivity index (χ4n) is 2.98. The Morgan fingerprint density at radius 2 is 1.59 bits per heavy atom. The van der Waals surface area contributed by atoms with Gasteiger partial charge in [-0.2, -0.15) is 5.10 Å². The topological polar surface area (TPSA) is 15.6 Å². The van der Waals surface area contributed by atoms with Gasteiger partial charge in [0.25, 0.3) is 0 Å². The zero-order valence-corrected chi connectivity index (χ0v) is 12.6. The van der Waals surface area contributed by atoms with Gasteiger partial charge in [0, 0.05) is 5.71 Å². The Labute approximate surface area is 107 Å². The Kier molecular flexibility index (Phi) is 4.62. The summed E-state index contributed by atoms with van der Waals surface area (Å²) in [6.45, 7) is 13.8. The summed E-state index contributed by atoms with van der Waals surface area (Å²) in [5, 5.41) is 7.39. The van der Waals surface area contributed by atoms with E-state index >= 15 is 0 Å². The van der Waals surface area contributed by atoms with Gasteiger partial charge in [-0.05, 0) is 59.8 Å². The van der Waals surface area contributed by atoms with Gasteiger partial charge in [-0.3, -0.25) is 5.01 Å². The van der Waals surface area contributed by atoms with Crippen LogP contribution in [0.5, 0.6) is 0 Å². The van der Waals surface area contributed by atoms with Crippen LogP contribution in [0.3, 0.4) is 0 Å². The molecule has 0 bridgehead atoms. The number of hydrazone groups is 1. The smallest absolute Gasteiger partial charge is 0.0529 e. The molecule has 1 aliphatic heterocycles. The molecule has 1 heterocycles. The highest BCUT2D eigenvalue weighted by Crippen LogP contribution is 2.38. The van der Waals surface area contributed by atoms with E-state index in [1.54, 1.807) is 0 Å². The van der Waals surface area contributed by atoms with Crippen molar-refractivity contribution >= 4 is 5.71 Å². The molecule has 0 N–H and O–H groups in total. The van der Waals surface area contributed by atoms with Crippen molar-refractivity contribution in [1.82, 2.24) is 5.01 Å². The summed E-state index contributed by atoms with van der Waals surface area (Å²) in [6, 6.07) is 0. The van der Waals surface area contributed by atoms with Gasteiger partial charge in [0.1, 0.15) is 0 Å². The summed E-state index contributed by atoms with van der Waals surface area (Å²) in [7, 11) is 0. The third-order valence-corrected chi connectivity index (χ3v) is 3.91. The second kappa shape index (κ2) is 5.41. The largest absolute Gasteiger partial charge is 0.286 e. The van der Waals surface area contributed by atoms with E-state index in [-0.39, 0.29) is 11.1 Å². The molecule has 1 fully saturated rings. The molecular formula is C15H30N2. The van der Waals surface area contributed by atoms with Gasteiger partial charge in [0.2, 0.25) is 0 Å². The lowest BCUT2D eigenvalue weighted by atomic mass is 9.82. The van der Waals surface area contributed by atoms with Crippen molar-refractivity contribution in [2.45, 2.75) is 91.1 Å². The Morgan fingerprint density at radius 3 is 2.00 bits per heavy atom. The third-order valence-electron chi connectivity index (χ3n) is 3.91. The predicted molar refractivity (Wildman–Crippen MR) is 76.5 cm³/mol. The molecule has 0 saturated carbocycles. The van der Waals surface area contributed by atoms with Gasteiger partial charge in [0.15, 0.2) is 0 Å². The number of rotatable bonds is 4. The molecule has 0 unspecified atom stereocenters. The summed E-state index contributed by atoms with van der Waals surface area (Å²) in [4.78, 5) is 0. The zero-order valence-electron chi connectivity index (χ0n) is 12.6. The van der Waals surface area contributed by atoms with Crippen LogP contribution in [0.15, 0.2) is 5.10 Å². The van der Waals surface area contributed by atoms with E-state index in [1.807, 2.05) is 0 Å². The van der Waals surface area contributed by atoms with Gasteiger partial charge in [-0.1, -0.05) is 20.3 Å². The summed E-state index contributed by atoms with van der Waals surface area (Å²) >= 11 is 0. The summed E-state index contributed by atoms with van der Waals surface area (Å²) < 4.78 is 0. The Morgan fingerprint density at radius 1 is 1.06 bits per heavy atom. The van der Waals surface area contributed by atoms with Crippen LogP contribution in [-0.4, -0.2) is 21.8 Å². The van der Waals surface area contributed by atoms with E-state index in [4.69, 9.17) is 5.10 Å². The van der Waals surface area contributed by atoms with Crippen LogP contribution in [0.25, 0.3) is 0 Å². The second-order valence-corrected chi connectivity index (χ2v) is 6.56. The normalized spacial score (nSPS) is 23.9. The van der Waals surface area contributed by atoms with Crippen LogP contribution in [0, 0.1) is 0 Å². The Balaban J connectivity index is 2.96. The van der Waals surface area contributed by atoms with Crippen molar-refractivity contribution in [2.75, 3.05) is 0 Å². The first kappa shape index (κ1) is 14.5. The molecule has 0 aliphatic carbocycles. The highest BCUT2D eigenvalue weighted by Gasteiger charge is 2.40. The summed E-state index contributed by atoms with van der Waals surface area (Å²) in [5.41, 5.74) is 1.77. The van der Waals surface area contributed by atoms with E-state index in [0.717, 1.165) is 12.8 Å².